The molecule has 82 valence electrons. The average Bonchev–Trinajstić information content (AvgIpc) is 2.38. The van der Waals surface area contributed by atoms with E-state index in [9.17, 15) is 0 Å². The number of halogens is 1. The Morgan fingerprint density at radius 1 is 0.882 bits per heavy atom. The molecule has 17 heavy (non-hydrogen) atoms. The van der Waals surface area contributed by atoms with Crippen LogP contribution in [0.4, 0.5) is 0 Å². The maximum atomic E-state index is 4.32. The summed E-state index contributed by atoms with van der Waals surface area (Å²) in [6.45, 7) is 0. The molecule has 0 aliphatic heterocycles. The highest BCUT2D eigenvalue weighted by Gasteiger charge is 2.04. The maximum absolute atomic E-state index is 4.32. The topological polar surface area (TPSA) is 25.8 Å². The highest BCUT2D eigenvalue weighted by molar-refractivity contribution is 9.10. The van der Waals surface area contributed by atoms with Crippen molar-refractivity contribution in [1.82, 2.24) is 9.97 Å². The zero-order chi connectivity index (χ0) is 11.7. The van der Waals surface area contributed by atoms with Gasteiger partial charge in [-0.3, -0.25) is 0 Å². The van der Waals surface area contributed by atoms with Gasteiger partial charge in [-0.25, -0.2) is 9.97 Å². The number of hydrogen-bond donors (Lipinski definition) is 0. The van der Waals surface area contributed by atoms with Gasteiger partial charge in [0.1, 0.15) is 10.9 Å². The molecule has 1 aromatic heterocycles. The minimum atomic E-state index is 0.801. The Morgan fingerprint density at radius 2 is 1.71 bits per heavy atom. The lowest BCUT2D eigenvalue weighted by Crippen LogP contribution is -1.87. The molecule has 0 saturated carbocycles. The lowest BCUT2D eigenvalue weighted by molar-refractivity contribution is 1.14. The molecule has 0 unspecified atom stereocenters. The van der Waals surface area contributed by atoms with Crippen LogP contribution >= 0.6 is 15.9 Å². The Hall–Kier alpha value is -1.74. The van der Waals surface area contributed by atoms with Crippen molar-refractivity contribution in [2.24, 2.45) is 0 Å². The van der Waals surface area contributed by atoms with E-state index in [1.165, 1.54) is 10.8 Å². The van der Waals surface area contributed by atoms with Crippen LogP contribution in [0.1, 0.15) is 0 Å². The van der Waals surface area contributed by atoms with Gasteiger partial charge >= 0.3 is 0 Å². The molecule has 0 aliphatic carbocycles. The Bertz CT molecular complexity index is 674. The number of hydrogen-bond acceptors (Lipinski definition) is 2. The summed E-state index contributed by atoms with van der Waals surface area (Å²) in [5, 5.41) is 2.43. The molecule has 3 aromatic rings. The quantitative estimate of drug-likeness (QED) is 0.630. The largest absolute Gasteiger partial charge is 0.236 e. The molecule has 3 heteroatoms. The van der Waals surface area contributed by atoms with Crippen molar-refractivity contribution >= 4 is 26.7 Å². The Morgan fingerprint density at radius 3 is 2.59 bits per heavy atom. The molecule has 0 radical (unpaired) electrons. The molecule has 0 amide bonds. The Kier molecular flexibility index (Phi) is 2.61. The van der Waals surface area contributed by atoms with E-state index in [1.807, 2.05) is 24.3 Å². The van der Waals surface area contributed by atoms with Crippen LogP contribution < -0.4 is 0 Å². The van der Waals surface area contributed by atoms with Gasteiger partial charge in [0.2, 0.25) is 0 Å². The highest BCUT2D eigenvalue weighted by Crippen LogP contribution is 2.27. The molecule has 0 bridgehead atoms. The van der Waals surface area contributed by atoms with Crippen molar-refractivity contribution in [2.45, 2.75) is 0 Å². The fourth-order valence-corrected chi connectivity index (χ4v) is 2.24. The first-order chi connectivity index (χ1) is 8.34. The zero-order valence-electron chi connectivity index (χ0n) is 8.97. The summed E-state index contributed by atoms with van der Waals surface area (Å²) in [6, 6.07) is 16.5. The van der Waals surface area contributed by atoms with Crippen LogP contribution in [0.2, 0.25) is 0 Å². The molecular formula is C14H9BrN2. The molecule has 0 atom stereocenters. The third-order valence-corrected chi connectivity index (χ3v) is 3.13. The summed E-state index contributed by atoms with van der Waals surface area (Å²) in [5.74, 6) is 0. The smallest absolute Gasteiger partial charge is 0.117 e. The molecule has 3 rings (SSSR count). The predicted molar refractivity (Wildman–Crippen MR) is 72.7 cm³/mol. The minimum absolute atomic E-state index is 0.801. The van der Waals surface area contributed by atoms with Crippen LogP contribution in [0.15, 0.2) is 59.5 Å². The number of fused-ring (bicyclic) bond motifs is 1. The summed E-state index contributed by atoms with van der Waals surface area (Å²) in [4.78, 5) is 8.37. The number of aromatic nitrogens is 2. The van der Waals surface area contributed by atoms with Gasteiger partial charge < -0.3 is 0 Å². The third-order valence-electron chi connectivity index (χ3n) is 2.70. The molecule has 0 N–H and O–H groups in total. The molecule has 0 fully saturated rings. The van der Waals surface area contributed by atoms with E-state index in [-0.39, 0.29) is 0 Å². The lowest BCUT2D eigenvalue weighted by Gasteiger charge is -2.05. The maximum Gasteiger partial charge on any atom is 0.117 e. The van der Waals surface area contributed by atoms with Gasteiger partial charge in [-0.2, -0.15) is 0 Å². The van der Waals surface area contributed by atoms with Gasteiger partial charge in [-0.1, -0.05) is 42.5 Å². The van der Waals surface area contributed by atoms with E-state index in [4.69, 9.17) is 0 Å². The van der Waals surface area contributed by atoms with E-state index < -0.39 is 0 Å². The first-order valence-corrected chi connectivity index (χ1v) is 6.09. The summed E-state index contributed by atoms with van der Waals surface area (Å²) >= 11 is 3.37. The first-order valence-electron chi connectivity index (χ1n) is 5.30. The van der Waals surface area contributed by atoms with Crippen molar-refractivity contribution in [1.29, 1.82) is 0 Å². The molecule has 1 heterocycles. The molecule has 0 spiro atoms. The van der Waals surface area contributed by atoms with Crippen LogP contribution in [0.3, 0.4) is 0 Å². The van der Waals surface area contributed by atoms with Crippen molar-refractivity contribution in [2.75, 3.05) is 0 Å². The minimum Gasteiger partial charge on any atom is -0.236 e. The Labute approximate surface area is 107 Å². The van der Waals surface area contributed by atoms with Gasteiger partial charge in [0.05, 0.1) is 5.69 Å². The molecule has 2 aromatic carbocycles. The van der Waals surface area contributed by atoms with Crippen molar-refractivity contribution in [3.63, 3.8) is 0 Å². The van der Waals surface area contributed by atoms with E-state index >= 15 is 0 Å². The normalized spacial score (nSPS) is 10.6. The second kappa shape index (κ2) is 4.26. The van der Waals surface area contributed by atoms with Gasteiger partial charge in [0.25, 0.3) is 0 Å². The van der Waals surface area contributed by atoms with E-state index in [2.05, 4.69) is 50.2 Å². The molecule has 2 nitrogen and oxygen atoms in total. The zero-order valence-corrected chi connectivity index (χ0v) is 10.6. The Balaban J connectivity index is 2.30. The number of rotatable bonds is 1. The summed E-state index contributed by atoms with van der Waals surface area (Å²) in [6.07, 6.45) is 1.57. The van der Waals surface area contributed by atoms with Gasteiger partial charge in [0.15, 0.2) is 0 Å². The predicted octanol–water partition coefficient (Wildman–Crippen LogP) is 4.06. The van der Waals surface area contributed by atoms with Crippen molar-refractivity contribution in [3.8, 4) is 11.3 Å². The molecular weight excluding hydrogens is 276 g/mol. The van der Waals surface area contributed by atoms with Crippen molar-refractivity contribution < 1.29 is 0 Å². The van der Waals surface area contributed by atoms with Crippen LogP contribution in [0.5, 0.6) is 0 Å². The fourth-order valence-electron chi connectivity index (χ4n) is 1.93. The van der Waals surface area contributed by atoms with E-state index in [1.54, 1.807) is 6.33 Å². The van der Waals surface area contributed by atoms with Gasteiger partial charge in [0, 0.05) is 5.56 Å². The highest BCUT2D eigenvalue weighted by atomic mass is 79.9. The first kappa shape index (κ1) is 10.4. The third kappa shape index (κ3) is 1.94. The summed E-state index contributed by atoms with van der Waals surface area (Å²) in [7, 11) is 0. The molecule has 0 aliphatic rings. The van der Waals surface area contributed by atoms with Crippen molar-refractivity contribution in [3.05, 3.63) is 59.5 Å². The number of benzene rings is 2. The van der Waals surface area contributed by atoms with Gasteiger partial charge in [-0.15, -0.1) is 0 Å². The number of nitrogens with zero attached hydrogens (tertiary/aromatic N) is 2. The van der Waals surface area contributed by atoms with Crippen LogP contribution in [-0.2, 0) is 0 Å². The standard InChI is InChI=1S/C14H9BrN2/c15-14-8-13(16-9-17-14)12-7-3-5-10-4-1-2-6-11(10)12/h1-9H. The second-order valence-electron chi connectivity index (χ2n) is 3.75. The van der Waals surface area contributed by atoms with Crippen LogP contribution in [0, 0.1) is 0 Å². The monoisotopic (exact) mass is 284 g/mol. The van der Waals surface area contributed by atoms with E-state index in [0.717, 1.165) is 15.9 Å². The second-order valence-corrected chi connectivity index (χ2v) is 4.57. The summed E-state index contributed by atoms with van der Waals surface area (Å²) < 4.78 is 0.801. The van der Waals surface area contributed by atoms with Crippen LogP contribution in [-0.4, -0.2) is 9.97 Å². The van der Waals surface area contributed by atoms with E-state index in [0.29, 0.717) is 0 Å². The lowest BCUT2D eigenvalue weighted by atomic mass is 10.0. The SMILES string of the molecule is Brc1cc(-c2cccc3ccccc23)ncn1. The molecule has 0 saturated heterocycles. The van der Waals surface area contributed by atoms with Crippen LogP contribution in [0.25, 0.3) is 22.0 Å². The fraction of sp³-hybridized carbons (Fsp3) is 0. The summed E-state index contributed by atoms with van der Waals surface area (Å²) in [5.41, 5.74) is 2.06. The van der Waals surface area contributed by atoms with Gasteiger partial charge in [-0.05, 0) is 32.8 Å². The average molecular weight is 285 g/mol.